The molecule has 5 nitrogen and oxygen atoms in total. The summed E-state index contributed by atoms with van der Waals surface area (Å²) in [6.45, 7) is 9.70. The van der Waals surface area contributed by atoms with E-state index in [1.807, 2.05) is 44.2 Å². The maximum Gasteiger partial charge on any atom is 0.248 e. The van der Waals surface area contributed by atoms with Crippen molar-refractivity contribution in [2.45, 2.75) is 53.0 Å². The van der Waals surface area contributed by atoms with Crippen LogP contribution in [0.4, 0.5) is 11.4 Å². The summed E-state index contributed by atoms with van der Waals surface area (Å²) >= 11 is 0. The van der Waals surface area contributed by atoms with Crippen LogP contribution in [0.1, 0.15) is 50.3 Å². The molecule has 0 saturated carbocycles. The Kier molecular flexibility index (Phi) is 6.88. The first kappa shape index (κ1) is 22.0. The predicted octanol–water partition coefficient (Wildman–Crippen LogP) is 4.47. The van der Waals surface area contributed by atoms with E-state index < -0.39 is 16.1 Å². The second kappa shape index (κ2) is 8.78. The van der Waals surface area contributed by atoms with Gasteiger partial charge in [-0.05, 0) is 55.0 Å². The van der Waals surface area contributed by atoms with Crippen molar-refractivity contribution in [2.75, 3.05) is 15.9 Å². The van der Waals surface area contributed by atoms with Crippen LogP contribution in [0.3, 0.4) is 0 Å². The molecular formula is C22H30N2O3S. The van der Waals surface area contributed by atoms with E-state index in [1.165, 1.54) is 4.31 Å². The quantitative estimate of drug-likeness (QED) is 0.743. The summed E-state index contributed by atoms with van der Waals surface area (Å²) in [6, 6.07) is 12.3. The second-order valence-corrected chi connectivity index (χ2v) is 9.30. The lowest BCUT2D eigenvalue weighted by Gasteiger charge is -2.29. The number of aryl methyl sites for hydroxylation is 2. The topological polar surface area (TPSA) is 66.5 Å². The zero-order valence-electron chi connectivity index (χ0n) is 17.5. The summed E-state index contributed by atoms with van der Waals surface area (Å²) in [5, 5.41) is 2.96. The number of nitrogens with zero attached hydrogens (tertiary/aromatic N) is 1. The Morgan fingerprint density at radius 3 is 2.18 bits per heavy atom. The van der Waals surface area contributed by atoms with E-state index >= 15 is 0 Å². The number of anilines is 2. The molecule has 0 unspecified atom stereocenters. The van der Waals surface area contributed by atoms with Gasteiger partial charge in [0.05, 0.1) is 11.9 Å². The Labute approximate surface area is 168 Å². The Balaban J connectivity index is 2.38. The highest BCUT2D eigenvalue weighted by molar-refractivity contribution is 7.92. The maximum absolute atomic E-state index is 13.0. The number of para-hydroxylation sites is 1. The average Bonchev–Trinajstić information content (AvgIpc) is 2.62. The first-order valence-corrected chi connectivity index (χ1v) is 11.4. The number of carbonyl (C=O) groups excluding carboxylic acids is 1. The van der Waals surface area contributed by atoms with Gasteiger partial charge in [0, 0.05) is 5.69 Å². The highest BCUT2D eigenvalue weighted by Gasteiger charge is 2.29. The van der Waals surface area contributed by atoms with Gasteiger partial charge in [-0.2, -0.15) is 0 Å². The second-order valence-electron chi connectivity index (χ2n) is 7.44. The number of hydrogen-bond acceptors (Lipinski definition) is 3. The molecule has 0 bridgehead atoms. The molecule has 0 aliphatic heterocycles. The molecule has 0 fully saturated rings. The van der Waals surface area contributed by atoms with Crippen LogP contribution in [0, 0.1) is 6.92 Å². The van der Waals surface area contributed by atoms with Crippen molar-refractivity contribution in [2.24, 2.45) is 0 Å². The molecule has 0 heterocycles. The van der Waals surface area contributed by atoms with Crippen molar-refractivity contribution in [3.05, 3.63) is 59.2 Å². The highest BCUT2D eigenvalue weighted by atomic mass is 32.2. The zero-order valence-corrected chi connectivity index (χ0v) is 18.3. The third-order valence-electron chi connectivity index (χ3n) is 4.86. The van der Waals surface area contributed by atoms with Gasteiger partial charge in [-0.15, -0.1) is 0 Å². The molecule has 0 aliphatic rings. The van der Waals surface area contributed by atoms with E-state index in [0.29, 0.717) is 5.69 Å². The van der Waals surface area contributed by atoms with Crippen LogP contribution < -0.4 is 9.62 Å². The molecule has 0 saturated heterocycles. The minimum absolute atomic E-state index is 0.234. The van der Waals surface area contributed by atoms with Gasteiger partial charge < -0.3 is 5.32 Å². The summed E-state index contributed by atoms with van der Waals surface area (Å²) in [6.07, 6.45) is 1.98. The SMILES string of the molecule is CCc1ccc(N([C@@H](C)C(=O)Nc2c(C)cccc2C(C)C)S(C)(=O)=O)cc1. The van der Waals surface area contributed by atoms with E-state index in [9.17, 15) is 13.2 Å². The van der Waals surface area contributed by atoms with Gasteiger partial charge in [0.15, 0.2) is 0 Å². The normalized spacial score (nSPS) is 12.7. The smallest absolute Gasteiger partial charge is 0.248 e. The van der Waals surface area contributed by atoms with Crippen molar-refractivity contribution >= 4 is 27.3 Å². The molecule has 1 atom stereocenters. The summed E-state index contributed by atoms with van der Waals surface area (Å²) < 4.78 is 26.1. The van der Waals surface area contributed by atoms with Crippen molar-refractivity contribution in [3.8, 4) is 0 Å². The van der Waals surface area contributed by atoms with Gasteiger partial charge in [-0.3, -0.25) is 9.10 Å². The molecule has 1 amide bonds. The van der Waals surface area contributed by atoms with Gasteiger partial charge in [0.25, 0.3) is 0 Å². The molecule has 2 aromatic carbocycles. The molecule has 0 aromatic heterocycles. The monoisotopic (exact) mass is 402 g/mol. The van der Waals surface area contributed by atoms with Crippen LogP contribution in [-0.2, 0) is 21.2 Å². The molecule has 0 spiro atoms. The minimum atomic E-state index is -3.64. The average molecular weight is 403 g/mol. The Bertz CT molecular complexity index is 935. The first-order chi connectivity index (χ1) is 13.1. The van der Waals surface area contributed by atoms with E-state index in [-0.39, 0.29) is 11.8 Å². The van der Waals surface area contributed by atoms with Gasteiger partial charge in [-0.1, -0.05) is 51.1 Å². The summed E-state index contributed by atoms with van der Waals surface area (Å²) in [5.41, 5.74) is 4.32. The number of hydrogen-bond donors (Lipinski definition) is 1. The van der Waals surface area contributed by atoms with E-state index in [0.717, 1.165) is 35.1 Å². The Hall–Kier alpha value is -2.34. The van der Waals surface area contributed by atoms with Crippen molar-refractivity contribution in [3.63, 3.8) is 0 Å². The highest BCUT2D eigenvalue weighted by Crippen LogP contribution is 2.28. The molecule has 152 valence electrons. The third-order valence-corrected chi connectivity index (χ3v) is 6.10. The number of benzene rings is 2. The lowest BCUT2D eigenvalue weighted by Crippen LogP contribution is -2.45. The van der Waals surface area contributed by atoms with Crippen LogP contribution >= 0.6 is 0 Å². The van der Waals surface area contributed by atoms with E-state index in [4.69, 9.17) is 0 Å². The fraction of sp³-hybridized carbons (Fsp3) is 0.409. The number of nitrogens with one attached hydrogen (secondary N) is 1. The zero-order chi connectivity index (χ0) is 21.1. The van der Waals surface area contributed by atoms with Gasteiger partial charge >= 0.3 is 0 Å². The molecule has 28 heavy (non-hydrogen) atoms. The molecule has 0 radical (unpaired) electrons. The summed E-state index contributed by atoms with van der Waals surface area (Å²) in [4.78, 5) is 13.0. The molecule has 1 N–H and O–H groups in total. The molecule has 2 rings (SSSR count). The minimum Gasteiger partial charge on any atom is -0.324 e. The first-order valence-electron chi connectivity index (χ1n) is 9.55. The molecule has 0 aliphatic carbocycles. The van der Waals surface area contributed by atoms with Gasteiger partial charge in [-0.25, -0.2) is 8.42 Å². The largest absolute Gasteiger partial charge is 0.324 e. The number of rotatable bonds is 7. The third kappa shape index (κ3) is 4.93. The number of sulfonamides is 1. The lowest BCUT2D eigenvalue weighted by atomic mass is 9.98. The standard InChI is InChI=1S/C22H30N2O3S/c1-7-18-11-13-19(14-12-18)24(28(6,26)27)17(5)22(25)23-21-16(4)9-8-10-20(21)15(2)3/h8-15,17H,7H2,1-6H3,(H,23,25)/t17-/m0/s1. The Morgan fingerprint density at radius 2 is 1.68 bits per heavy atom. The van der Waals surface area contributed by atoms with Gasteiger partial charge in [0.2, 0.25) is 15.9 Å². The maximum atomic E-state index is 13.0. The van der Waals surface area contributed by atoms with Crippen LogP contribution in [0.15, 0.2) is 42.5 Å². The van der Waals surface area contributed by atoms with Crippen molar-refractivity contribution in [1.29, 1.82) is 0 Å². The Morgan fingerprint density at radius 1 is 1.07 bits per heavy atom. The van der Waals surface area contributed by atoms with Gasteiger partial charge in [0.1, 0.15) is 6.04 Å². The van der Waals surface area contributed by atoms with Crippen LogP contribution in [0.2, 0.25) is 0 Å². The van der Waals surface area contributed by atoms with Crippen molar-refractivity contribution < 1.29 is 13.2 Å². The van der Waals surface area contributed by atoms with Crippen LogP contribution in [0.25, 0.3) is 0 Å². The number of amides is 1. The summed E-state index contributed by atoms with van der Waals surface area (Å²) in [7, 11) is -3.64. The van der Waals surface area contributed by atoms with Crippen LogP contribution in [-0.4, -0.2) is 26.6 Å². The molecule has 6 heteroatoms. The van der Waals surface area contributed by atoms with Crippen molar-refractivity contribution in [1.82, 2.24) is 0 Å². The van der Waals surface area contributed by atoms with E-state index in [2.05, 4.69) is 19.2 Å². The van der Waals surface area contributed by atoms with E-state index in [1.54, 1.807) is 19.1 Å². The van der Waals surface area contributed by atoms with Crippen LogP contribution in [0.5, 0.6) is 0 Å². The fourth-order valence-corrected chi connectivity index (χ4v) is 4.43. The number of carbonyl (C=O) groups is 1. The summed E-state index contributed by atoms with van der Waals surface area (Å²) in [5.74, 6) is -0.126. The molecular weight excluding hydrogens is 372 g/mol. The predicted molar refractivity (Wildman–Crippen MR) is 117 cm³/mol. The fourth-order valence-electron chi connectivity index (χ4n) is 3.26. The lowest BCUT2D eigenvalue weighted by molar-refractivity contribution is -0.116. The molecule has 2 aromatic rings.